The van der Waals surface area contributed by atoms with Gasteiger partial charge in [-0.05, 0) is 36.8 Å². The minimum absolute atomic E-state index is 0.401. The van der Waals surface area contributed by atoms with Crippen LogP contribution >= 0.6 is 0 Å². The fraction of sp³-hybridized carbons (Fsp3) is 0.176. The van der Waals surface area contributed by atoms with E-state index in [4.69, 9.17) is 0 Å². The number of benzene rings is 1. The number of imidazole rings is 1. The molecule has 0 spiro atoms. The molecule has 2 heterocycles. The van der Waals surface area contributed by atoms with Crippen LogP contribution in [0, 0.1) is 0 Å². The minimum Gasteiger partial charge on any atom is -0.297 e. The van der Waals surface area contributed by atoms with Crippen LogP contribution in [0.4, 0.5) is 13.2 Å². The fourth-order valence-electron chi connectivity index (χ4n) is 2.42. The molecule has 0 aliphatic carbocycles. The van der Waals surface area contributed by atoms with E-state index in [-0.39, 0.29) is 0 Å². The number of rotatable bonds is 3. The Morgan fingerprint density at radius 2 is 1.87 bits per heavy atom. The Balaban J connectivity index is 2.31. The number of hydrogen-bond donors (Lipinski definition) is 0. The SMILES string of the molecule is C=C(CC)n1c(-c2ccncc2)nc2ccc(C(F)(F)F)cc21. The van der Waals surface area contributed by atoms with Gasteiger partial charge in [0, 0.05) is 23.7 Å². The van der Waals surface area contributed by atoms with Crippen molar-refractivity contribution in [3.05, 3.63) is 54.9 Å². The zero-order valence-corrected chi connectivity index (χ0v) is 12.4. The van der Waals surface area contributed by atoms with Crippen molar-refractivity contribution in [2.24, 2.45) is 0 Å². The standard InChI is InChI=1S/C17H14F3N3/c1-3-11(2)23-15-10-13(17(18,19)20)4-5-14(15)22-16(23)12-6-8-21-9-7-12/h4-10H,2-3H2,1H3. The topological polar surface area (TPSA) is 30.7 Å². The van der Waals surface area contributed by atoms with Crippen LogP contribution < -0.4 is 0 Å². The van der Waals surface area contributed by atoms with Crippen LogP contribution in [0.1, 0.15) is 18.9 Å². The van der Waals surface area contributed by atoms with Gasteiger partial charge in [0.2, 0.25) is 0 Å². The van der Waals surface area contributed by atoms with E-state index in [9.17, 15) is 13.2 Å². The Morgan fingerprint density at radius 3 is 2.48 bits per heavy atom. The van der Waals surface area contributed by atoms with Gasteiger partial charge in [0.1, 0.15) is 5.82 Å². The Kier molecular flexibility index (Phi) is 3.67. The number of hydrogen-bond acceptors (Lipinski definition) is 2. The lowest BCUT2D eigenvalue weighted by molar-refractivity contribution is -0.137. The van der Waals surface area contributed by atoms with Gasteiger partial charge < -0.3 is 0 Å². The van der Waals surface area contributed by atoms with Gasteiger partial charge in [-0.3, -0.25) is 9.55 Å². The number of halogens is 3. The number of pyridine rings is 1. The van der Waals surface area contributed by atoms with Crippen molar-refractivity contribution in [3.8, 4) is 11.4 Å². The van der Waals surface area contributed by atoms with Gasteiger partial charge in [0.15, 0.2) is 0 Å². The highest BCUT2D eigenvalue weighted by Gasteiger charge is 2.31. The molecule has 0 bridgehead atoms. The molecule has 3 rings (SSSR count). The van der Waals surface area contributed by atoms with Crippen molar-refractivity contribution in [2.75, 3.05) is 0 Å². The van der Waals surface area contributed by atoms with Crippen molar-refractivity contribution < 1.29 is 13.2 Å². The smallest absolute Gasteiger partial charge is 0.297 e. The monoisotopic (exact) mass is 317 g/mol. The maximum Gasteiger partial charge on any atom is 0.416 e. The van der Waals surface area contributed by atoms with E-state index in [0.717, 1.165) is 17.7 Å². The maximum absolute atomic E-state index is 13.0. The molecule has 0 aliphatic heterocycles. The summed E-state index contributed by atoms with van der Waals surface area (Å²) in [5.41, 5.74) is 1.66. The zero-order valence-electron chi connectivity index (χ0n) is 12.4. The fourth-order valence-corrected chi connectivity index (χ4v) is 2.42. The third-order valence-electron chi connectivity index (χ3n) is 3.64. The first-order chi connectivity index (χ1) is 10.9. The van der Waals surface area contributed by atoms with Crippen molar-refractivity contribution >= 4 is 16.7 Å². The lowest BCUT2D eigenvalue weighted by Crippen LogP contribution is -2.05. The van der Waals surface area contributed by atoms with Crippen LogP contribution in [0.2, 0.25) is 0 Å². The quantitative estimate of drug-likeness (QED) is 0.681. The number of fused-ring (bicyclic) bond motifs is 1. The highest BCUT2D eigenvalue weighted by molar-refractivity contribution is 5.85. The second-order valence-corrected chi connectivity index (χ2v) is 5.13. The summed E-state index contributed by atoms with van der Waals surface area (Å²) >= 11 is 0. The molecular weight excluding hydrogens is 303 g/mol. The summed E-state index contributed by atoms with van der Waals surface area (Å²) in [5.74, 6) is 0.563. The van der Waals surface area contributed by atoms with Gasteiger partial charge in [-0.2, -0.15) is 13.2 Å². The molecule has 0 saturated carbocycles. The summed E-state index contributed by atoms with van der Waals surface area (Å²) in [6.45, 7) is 5.87. The molecule has 0 aliphatic rings. The van der Waals surface area contributed by atoms with Crippen molar-refractivity contribution in [2.45, 2.75) is 19.5 Å². The first-order valence-corrected chi connectivity index (χ1v) is 7.10. The van der Waals surface area contributed by atoms with Crippen LogP contribution in [0.15, 0.2) is 49.3 Å². The molecule has 2 aromatic heterocycles. The normalized spacial score (nSPS) is 11.8. The molecule has 3 nitrogen and oxygen atoms in total. The maximum atomic E-state index is 13.0. The van der Waals surface area contributed by atoms with Gasteiger partial charge >= 0.3 is 6.18 Å². The van der Waals surface area contributed by atoms with Crippen molar-refractivity contribution in [3.63, 3.8) is 0 Å². The van der Waals surface area contributed by atoms with E-state index in [2.05, 4.69) is 16.5 Å². The third kappa shape index (κ3) is 2.72. The van der Waals surface area contributed by atoms with E-state index < -0.39 is 11.7 Å². The summed E-state index contributed by atoms with van der Waals surface area (Å²) in [6.07, 6.45) is -0.558. The summed E-state index contributed by atoms with van der Waals surface area (Å²) in [7, 11) is 0. The predicted octanol–water partition coefficient (Wildman–Crippen LogP) is 5.00. The van der Waals surface area contributed by atoms with Gasteiger partial charge in [0.05, 0.1) is 16.6 Å². The Labute approximate surface area is 131 Å². The van der Waals surface area contributed by atoms with Gasteiger partial charge in [-0.1, -0.05) is 13.5 Å². The Bertz CT molecular complexity index is 864. The average molecular weight is 317 g/mol. The molecule has 3 aromatic rings. The Morgan fingerprint density at radius 1 is 1.17 bits per heavy atom. The molecule has 0 unspecified atom stereocenters. The molecule has 0 amide bonds. The molecule has 0 atom stereocenters. The van der Waals surface area contributed by atoms with Gasteiger partial charge in [-0.15, -0.1) is 0 Å². The van der Waals surface area contributed by atoms with Crippen LogP contribution in [-0.2, 0) is 6.18 Å². The van der Waals surface area contributed by atoms with E-state index in [0.29, 0.717) is 29.0 Å². The number of aromatic nitrogens is 3. The number of nitrogens with zero attached hydrogens (tertiary/aromatic N) is 3. The average Bonchev–Trinajstić information content (AvgIpc) is 2.92. The zero-order chi connectivity index (χ0) is 16.6. The second-order valence-electron chi connectivity index (χ2n) is 5.13. The summed E-state index contributed by atoms with van der Waals surface area (Å²) in [6, 6.07) is 7.09. The third-order valence-corrected chi connectivity index (χ3v) is 3.64. The summed E-state index contributed by atoms with van der Waals surface area (Å²) in [4.78, 5) is 8.44. The molecule has 1 aromatic carbocycles. The van der Waals surface area contributed by atoms with Crippen LogP contribution in [-0.4, -0.2) is 14.5 Å². The lowest BCUT2D eigenvalue weighted by Gasteiger charge is -2.12. The van der Waals surface area contributed by atoms with Crippen LogP contribution in [0.25, 0.3) is 28.1 Å². The first-order valence-electron chi connectivity index (χ1n) is 7.10. The van der Waals surface area contributed by atoms with Gasteiger partial charge in [-0.25, -0.2) is 4.98 Å². The molecule has 0 fully saturated rings. The molecule has 118 valence electrons. The van der Waals surface area contributed by atoms with Crippen molar-refractivity contribution in [1.82, 2.24) is 14.5 Å². The van der Waals surface area contributed by atoms with E-state index in [1.807, 2.05) is 6.92 Å². The molecule has 6 heteroatoms. The minimum atomic E-state index is -4.40. The highest BCUT2D eigenvalue weighted by atomic mass is 19.4. The Hall–Kier alpha value is -2.63. The predicted molar refractivity (Wildman–Crippen MR) is 83.6 cm³/mol. The molecule has 0 radical (unpaired) electrons. The van der Waals surface area contributed by atoms with Crippen molar-refractivity contribution in [1.29, 1.82) is 0 Å². The summed E-state index contributed by atoms with van der Waals surface area (Å²) < 4.78 is 40.7. The van der Waals surface area contributed by atoms with E-state index >= 15 is 0 Å². The molecule has 0 N–H and O–H groups in total. The second kappa shape index (κ2) is 5.53. The molecule has 23 heavy (non-hydrogen) atoms. The molecule has 0 saturated heterocycles. The lowest BCUT2D eigenvalue weighted by atomic mass is 10.2. The van der Waals surface area contributed by atoms with Crippen LogP contribution in [0.3, 0.4) is 0 Å². The van der Waals surface area contributed by atoms with E-state index in [1.54, 1.807) is 29.1 Å². The number of allylic oxidation sites excluding steroid dienone is 1. The molecular formula is C17H14F3N3. The number of alkyl halides is 3. The highest BCUT2D eigenvalue weighted by Crippen LogP contribution is 2.34. The largest absolute Gasteiger partial charge is 0.416 e. The van der Waals surface area contributed by atoms with Gasteiger partial charge in [0.25, 0.3) is 0 Å². The first kappa shape index (κ1) is 15.3. The van der Waals surface area contributed by atoms with E-state index in [1.165, 1.54) is 6.07 Å². The van der Waals surface area contributed by atoms with Crippen LogP contribution in [0.5, 0.6) is 0 Å². The summed E-state index contributed by atoms with van der Waals surface area (Å²) in [5, 5.41) is 0.